The summed E-state index contributed by atoms with van der Waals surface area (Å²) in [4.78, 5) is 0. The zero-order valence-electron chi connectivity index (χ0n) is 9.03. The van der Waals surface area contributed by atoms with Gasteiger partial charge in [-0.3, -0.25) is 0 Å². The molecule has 16 heavy (non-hydrogen) atoms. The van der Waals surface area contributed by atoms with E-state index in [1.807, 2.05) is 18.2 Å². The number of hydrogen-bond donors (Lipinski definition) is 2. The molecule has 88 valence electrons. The Morgan fingerprint density at radius 1 is 1.50 bits per heavy atom. The van der Waals surface area contributed by atoms with Crippen LogP contribution in [0, 0.1) is 0 Å². The number of aliphatic hydroxyl groups excluding tert-OH is 1. The van der Waals surface area contributed by atoms with Crippen LogP contribution < -0.4 is 10.5 Å². The van der Waals surface area contributed by atoms with Gasteiger partial charge in [-0.15, -0.1) is 0 Å². The van der Waals surface area contributed by atoms with Gasteiger partial charge in [0, 0.05) is 0 Å². The van der Waals surface area contributed by atoms with Crippen molar-refractivity contribution in [1.29, 1.82) is 0 Å². The monoisotopic (exact) mass is 285 g/mol. The van der Waals surface area contributed by atoms with E-state index in [0.717, 1.165) is 28.6 Å². The minimum absolute atomic E-state index is 0.0464. The first-order valence-electron chi connectivity index (χ1n) is 5.53. The van der Waals surface area contributed by atoms with Crippen molar-refractivity contribution in [3.8, 4) is 5.75 Å². The van der Waals surface area contributed by atoms with E-state index in [9.17, 15) is 0 Å². The third-order valence-electron chi connectivity index (χ3n) is 2.93. The normalized spacial score (nSPS) is 17.9. The molecule has 0 radical (unpaired) electrons. The molecule has 3 nitrogen and oxygen atoms in total. The quantitative estimate of drug-likeness (QED) is 0.893. The molecule has 2 rings (SSSR count). The van der Waals surface area contributed by atoms with Gasteiger partial charge >= 0.3 is 0 Å². The van der Waals surface area contributed by atoms with Crippen LogP contribution in [0.1, 0.15) is 30.9 Å². The Balaban J connectivity index is 2.09. The highest BCUT2D eigenvalue weighted by molar-refractivity contribution is 9.10. The third kappa shape index (κ3) is 2.56. The lowest BCUT2D eigenvalue weighted by molar-refractivity contribution is 0.119. The highest BCUT2D eigenvalue weighted by Gasteiger charge is 2.20. The summed E-state index contributed by atoms with van der Waals surface area (Å²) in [6, 6.07) is 5.40. The topological polar surface area (TPSA) is 55.5 Å². The Bertz CT molecular complexity index is 366. The molecule has 1 aliphatic carbocycles. The van der Waals surface area contributed by atoms with Crippen molar-refractivity contribution < 1.29 is 9.84 Å². The van der Waals surface area contributed by atoms with Gasteiger partial charge in [-0.05, 0) is 52.9 Å². The van der Waals surface area contributed by atoms with Crippen LogP contribution in [0.3, 0.4) is 0 Å². The van der Waals surface area contributed by atoms with Gasteiger partial charge < -0.3 is 15.6 Å². The van der Waals surface area contributed by atoms with Crippen LogP contribution in [-0.4, -0.2) is 17.8 Å². The molecule has 0 heterocycles. The minimum atomic E-state index is -0.325. The molecule has 1 aromatic carbocycles. The van der Waals surface area contributed by atoms with Gasteiger partial charge in [-0.1, -0.05) is 6.07 Å². The number of aliphatic hydroxyl groups is 1. The molecule has 1 aromatic rings. The molecule has 0 aromatic heterocycles. The molecule has 0 aliphatic heterocycles. The zero-order valence-corrected chi connectivity index (χ0v) is 10.6. The average Bonchev–Trinajstić information content (AvgIpc) is 2.23. The van der Waals surface area contributed by atoms with E-state index in [1.165, 1.54) is 6.42 Å². The summed E-state index contributed by atoms with van der Waals surface area (Å²) in [7, 11) is 0. The first kappa shape index (κ1) is 11.9. The van der Waals surface area contributed by atoms with Crippen molar-refractivity contribution in [2.45, 2.75) is 31.4 Å². The maximum Gasteiger partial charge on any atom is 0.133 e. The van der Waals surface area contributed by atoms with E-state index >= 15 is 0 Å². The largest absolute Gasteiger partial charge is 0.489 e. The fourth-order valence-corrected chi connectivity index (χ4v) is 2.11. The van der Waals surface area contributed by atoms with E-state index in [0.29, 0.717) is 6.10 Å². The smallest absolute Gasteiger partial charge is 0.133 e. The molecule has 0 bridgehead atoms. The van der Waals surface area contributed by atoms with Crippen molar-refractivity contribution in [3.63, 3.8) is 0 Å². The van der Waals surface area contributed by atoms with Gasteiger partial charge in [0.05, 0.1) is 23.2 Å². The van der Waals surface area contributed by atoms with E-state index in [1.54, 1.807) is 0 Å². The predicted octanol–water partition coefficient (Wildman–Crippen LogP) is 2.37. The Hall–Kier alpha value is -0.580. The molecular formula is C12H16BrNO2. The molecule has 1 atom stereocenters. The summed E-state index contributed by atoms with van der Waals surface area (Å²) in [5.41, 5.74) is 6.65. The van der Waals surface area contributed by atoms with Gasteiger partial charge in [0.1, 0.15) is 5.75 Å². The van der Waals surface area contributed by atoms with Gasteiger partial charge in [-0.25, -0.2) is 0 Å². The number of ether oxygens (including phenoxy) is 1. The standard InChI is InChI=1S/C12H16BrNO2/c13-10-6-8(11(14)7-15)4-5-12(10)16-9-2-1-3-9/h4-6,9,11,15H,1-3,7,14H2. The lowest BCUT2D eigenvalue weighted by Gasteiger charge is -2.27. The Morgan fingerprint density at radius 2 is 2.25 bits per heavy atom. The summed E-state index contributed by atoms with van der Waals surface area (Å²) in [6.45, 7) is -0.0464. The fraction of sp³-hybridized carbons (Fsp3) is 0.500. The number of hydrogen-bond acceptors (Lipinski definition) is 3. The number of benzene rings is 1. The highest BCUT2D eigenvalue weighted by atomic mass is 79.9. The lowest BCUT2D eigenvalue weighted by atomic mass is 9.96. The Labute approximate surface area is 104 Å². The first-order chi connectivity index (χ1) is 7.70. The van der Waals surface area contributed by atoms with Crippen LogP contribution in [0.2, 0.25) is 0 Å². The van der Waals surface area contributed by atoms with E-state index in [-0.39, 0.29) is 12.6 Å². The number of nitrogens with two attached hydrogens (primary N) is 1. The summed E-state index contributed by atoms with van der Waals surface area (Å²) in [6.07, 6.45) is 3.92. The van der Waals surface area contributed by atoms with Gasteiger partial charge in [-0.2, -0.15) is 0 Å². The molecule has 1 saturated carbocycles. The van der Waals surface area contributed by atoms with Crippen molar-refractivity contribution in [3.05, 3.63) is 28.2 Å². The van der Waals surface area contributed by atoms with Crippen LogP contribution in [0.5, 0.6) is 5.75 Å². The van der Waals surface area contributed by atoms with Crippen LogP contribution in [-0.2, 0) is 0 Å². The summed E-state index contributed by atoms with van der Waals surface area (Å²) in [5, 5.41) is 8.97. The Kier molecular flexibility index (Phi) is 3.84. The van der Waals surface area contributed by atoms with Gasteiger partial charge in [0.15, 0.2) is 0 Å². The average molecular weight is 286 g/mol. The Morgan fingerprint density at radius 3 is 2.75 bits per heavy atom. The molecular weight excluding hydrogens is 270 g/mol. The van der Waals surface area contributed by atoms with Gasteiger partial charge in [0.2, 0.25) is 0 Å². The van der Waals surface area contributed by atoms with Crippen molar-refractivity contribution >= 4 is 15.9 Å². The minimum Gasteiger partial charge on any atom is -0.489 e. The molecule has 4 heteroatoms. The maximum atomic E-state index is 8.97. The summed E-state index contributed by atoms with van der Waals surface area (Å²) in [5.74, 6) is 0.860. The molecule has 0 amide bonds. The van der Waals surface area contributed by atoms with E-state index < -0.39 is 0 Å². The van der Waals surface area contributed by atoms with E-state index in [4.69, 9.17) is 15.6 Å². The SMILES string of the molecule is NC(CO)c1ccc(OC2CCC2)c(Br)c1. The third-order valence-corrected chi connectivity index (χ3v) is 3.55. The maximum absolute atomic E-state index is 8.97. The summed E-state index contributed by atoms with van der Waals surface area (Å²) >= 11 is 3.46. The van der Waals surface area contributed by atoms with Crippen LogP contribution in [0.25, 0.3) is 0 Å². The second kappa shape index (κ2) is 5.17. The molecule has 1 fully saturated rings. The molecule has 3 N–H and O–H groups in total. The molecule has 1 unspecified atom stereocenters. The van der Waals surface area contributed by atoms with E-state index in [2.05, 4.69) is 15.9 Å². The van der Waals surface area contributed by atoms with Crippen LogP contribution in [0.4, 0.5) is 0 Å². The van der Waals surface area contributed by atoms with Crippen LogP contribution >= 0.6 is 15.9 Å². The fourth-order valence-electron chi connectivity index (χ4n) is 1.62. The molecule has 1 aliphatic rings. The summed E-state index contributed by atoms with van der Waals surface area (Å²) < 4.78 is 6.70. The highest BCUT2D eigenvalue weighted by Crippen LogP contribution is 2.32. The van der Waals surface area contributed by atoms with Crippen molar-refractivity contribution in [1.82, 2.24) is 0 Å². The van der Waals surface area contributed by atoms with Crippen molar-refractivity contribution in [2.24, 2.45) is 5.73 Å². The second-order valence-electron chi connectivity index (χ2n) is 4.15. The number of halogens is 1. The van der Waals surface area contributed by atoms with Crippen LogP contribution in [0.15, 0.2) is 22.7 Å². The molecule has 0 saturated heterocycles. The first-order valence-corrected chi connectivity index (χ1v) is 6.32. The zero-order chi connectivity index (χ0) is 11.5. The molecule has 0 spiro atoms. The van der Waals surface area contributed by atoms with Gasteiger partial charge in [0.25, 0.3) is 0 Å². The van der Waals surface area contributed by atoms with Crippen molar-refractivity contribution in [2.75, 3.05) is 6.61 Å². The number of rotatable bonds is 4. The lowest BCUT2D eigenvalue weighted by Crippen LogP contribution is -2.24. The second-order valence-corrected chi connectivity index (χ2v) is 5.00. The predicted molar refractivity (Wildman–Crippen MR) is 66.4 cm³/mol.